The molecule has 0 unspecified atom stereocenters. The molecule has 32 heavy (non-hydrogen) atoms. The van der Waals surface area contributed by atoms with Crippen molar-refractivity contribution in [3.8, 4) is 0 Å². The minimum absolute atomic E-state index is 0.00584. The quantitative estimate of drug-likeness (QED) is 0.639. The highest BCUT2D eigenvalue weighted by Gasteiger charge is 2.46. The van der Waals surface area contributed by atoms with Gasteiger partial charge < -0.3 is 20.6 Å². The van der Waals surface area contributed by atoms with Crippen molar-refractivity contribution in [2.24, 2.45) is 11.8 Å². The van der Waals surface area contributed by atoms with Crippen LogP contribution in [0.15, 0.2) is 54.6 Å². The number of benzene rings is 2. The van der Waals surface area contributed by atoms with Crippen molar-refractivity contribution in [2.45, 2.75) is 56.7 Å². The Kier molecular flexibility index (Phi) is 5.77. The third-order valence-electron chi connectivity index (χ3n) is 7.53. The second kappa shape index (κ2) is 8.85. The van der Waals surface area contributed by atoms with Crippen LogP contribution in [0.25, 0.3) is 0 Å². The number of nitrogens with one attached hydrogen (secondary N) is 2. The molecule has 3 N–H and O–H groups in total. The van der Waals surface area contributed by atoms with Crippen molar-refractivity contribution in [1.82, 2.24) is 10.2 Å². The number of carboxylic acid groups (broad SMARTS) is 1. The highest BCUT2D eigenvalue weighted by atomic mass is 16.4. The van der Waals surface area contributed by atoms with E-state index in [2.05, 4.69) is 51.9 Å². The number of carbonyl (C=O) groups is 2. The first-order chi connectivity index (χ1) is 15.6. The first kappa shape index (κ1) is 20.9. The maximum atomic E-state index is 13.9. The fraction of sp³-hybridized carbons (Fsp3) is 0.462. The maximum absolute atomic E-state index is 13.9. The monoisotopic (exact) mass is 433 g/mol. The molecule has 0 bridgehead atoms. The molecule has 2 heterocycles. The molecule has 0 radical (unpaired) electrons. The highest BCUT2D eigenvalue weighted by Crippen LogP contribution is 2.50. The lowest BCUT2D eigenvalue weighted by molar-refractivity contribution is -0.143. The standard InChI is InChI=1S/C26H31N3O3/c30-25(19-12-5-7-15-22(19)28-26(31)32)29-16-8-13-20-23(17-9-2-1-3-10-17)27-21-14-6-4-11-18(21)24(20)29/h1-4,6,9-11,14,19-20,22-24,27-28H,5,7-8,12-13,15-16H2,(H,31,32)/t19-,20+,22+,23-,24-/m0/s1. The molecule has 1 saturated carbocycles. The van der Waals surface area contributed by atoms with Crippen LogP contribution >= 0.6 is 0 Å². The lowest BCUT2D eigenvalue weighted by Crippen LogP contribution is -2.54. The number of hydrogen-bond donors (Lipinski definition) is 3. The van der Waals surface area contributed by atoms with Gasteiger partial charge in [-0.3, -0.25) is 4.79 Å². The van der Waals surface area contributed by atoms with Gasteiger partial charge in [0, 0.05) is 24.2 Å². The molecule has 3 aliphatic rings. The summed E-state index contributed by atoms with van der Waals surface area (Å²) in [5.74, 6) is 0.108. The number of rotatable bonds is 3. The van der Waals surface area contributed by atoms with Crippen LogP contribution in [-0.2, 0) is 4.79 Å². The van der Waals surface area contributed by atoms with Crippen LogP contribution in [-0.4, -0.2) is 34.6 Å². The molecule has 6 nitrogen and oxygen atoms in total. The minimum Gasteiger partial charge on any atom is -0.465 e. The molecule has 6 heteroatoms. The van der Waals surface area contributed by atoms with Gasteiger partial charge in [0.25, 0.3) is 0 Å². The van der Waals surface area contributed by atoms with Gasteiger partial charge in [0.15, 0.2) is 0 Å². The molecule has 0 aromatic heterocycles. The van der Waals surface area contributed by atoms with E-state index >= 15 is 0 Å². The topological polar surface area (TPSA) is 81.7 Å². The Morgan fingerprint density at radius 3 is 2.50 bits per heavy atom. The fourth-order valence-electron chi connectivity index (χ4n) is 6.14. The van der Waals surface area contributed by atoms with Gasteiger partial charge in [0.1, 0.15) is 0 Å². The van der Waals surface area contributed by atoms with E-state index in [1.807, 2.05) is 18.2 Å². The van der Waals surface area contributed by atoms with Gasteiger partial charge in [-0.15, -0.1) is 0 Å². The fourth-order valence-corrected chi connectivity index (χ4v) is 6.14. The number of amides is 2. The molecule has 2 aromatic rings. The van der Waals surface area contributed by atoms with Crippen LogP contribution in [0.1, 0.15) is 61.7 Å². The molecule has 1 aliphatic carbocycles. The van der Waals surface area contributed by atoms with Crippen LogP contribution < -0.4 is 10.6 Å². The summed E-state index contributed by atoms with van der Waals surface area (Å²) >= 11 is 0. The first-order valence-corrected chi connectivity index (χ1v) is 11.8. The average molecular weight is 434 g/mol. The Morgan fingerprint density at radius 2 is 1.69 bits per heavy atom. The molecule has 2 aromatic carbocycles. The Morgan fingerprint density at radius 1 is 0.938 bits per heavy atom. The van der Waals surface area contributed by atoms with Crippen molar-refractivity contribution in [1.29, 1.82) is 0 Å². The maximum Gasteiger partial charge on any atom is 0.404 e. The summed E-state index contributed by atoms with van der Waals surface area (Å²) in [6.45, 7) is 0.728. The summed E-state index contributed by atoms with van der Waals surface area (Å²) in [4.78, 5) is 27.4. The lowest BCUT2D eigenvalue weighted by Gasteiger charge is -2.50. The number of nitrogens with zero attached hydrogens (tertiary/aromatic N) is 1. The van der Waals surface area contributed by atoms with E-state index in [-0.39, 0.29) is 35.9 Å². The first-order valence-electron chi connectivity index (χ1n) is 11.8. The average Bonchev–Trinajstić information content (AvgIpc) is 2.83. The summed E-state index contributed by atoms with van der Waals surface area (Å²) in [5, 5.41) is 15.7. The lowest BCUT2D eigenvalue weighted by atomic mass is 9.73. The number of para-hydroxylation sites is 1. The summed E-state index contributed by atoms with van der Waals surface area (Å²) in [6, 6.07) is 18.7. The van der Waals surface area contributed by atoms with Crippen LogP contribution in [0.5, 0.6) is 0 Å². The highest BCUT2D eigenvalue weighted by molar-refractivity contribution is 5.82. The SMILES string of the molecule is O=C(O)N[C@@H]1CCCC[C@@H]1C(=O)N1CCC[C@@H]2[C@H](c3ccccc3)Nc3ccccc3[C@@H]21. The Labute approximate surface area is 189 Å². The van der Waals surface area contributed by atoms with Crippen LogP contribution in [0, 0.1) is 11.8 Å². The van der Waals surface area contributed by atoms with E-state index in [4.69, 9.17) is 0 Å². The second-order valence-corrected chi connectivity index (χ2v) is 9.35. The number of anilines is 1. The third kappa shape index (κ3) is 3.83. The van der Waals surface area contributed by atoms with E-state index < -0.39 is 6.09 Å². The van der Waals surface area contributed by atoms with Crippen molar-refractivity contribution in [3.05, 3.63) is 65.7 Å². The van der Waals surface area contributed by atoms with E-state index in [0.717, 1.165) is 50.8 Å². The molecule has 168 valence electrons. The smallest absolute Gasteiger partial charge is 0.404 e. The molecule has 5 atom stereocenters. The van der Waals surface area contributed by atoms with Gasteiger partial charge in [-0.1, -0.05) is 61.4 Å². The van der Waals surface area contributed by atoms with Crippen molar-refractivity contribution in [2.75, 3.05) is 11.9 Å². The van der Waals surface area contributed by atoms with Crippen molar-refractivity contribution < 1.29 is 14.7 Å². The molecule has 5 rings (SSSR count). The largest absolute Gasteiger partial charge is 0.465 e. The van der Waals surface area contributed by atoms with Crippen LogP contribution in [0.2, 0.25) is 0 Å². The zero-order chi connectivity index (χ0) is 22.1. The molecule has 1 saturated heterocycles. The predicted molar refractivity (Wildman–Crippen MR) is 123 cm³/mol. The summed E-state index contributed by atoms with van der Waals surface area (Å²) in [5.41, 5.74) is 3.51. The molecule has 2 aliphatic heterocycles. The van der Waals surface area contributed by atoms with Gasteiger partial charge in [-0.2, -0.15) is 0 Å². The molecular formula is C26H31N3O3. The van der Waals surface area contributed by atoms with Crippen molar-refractivity contribution >= 4 is 17.7 Å². The van der Waals surface area contributed by atoms with Gasteiger partial charge >= 0.3 is 6.09 Å². The molecular weight excluding hydrogens is 402 g/mol. The predicted octanol–water partition coefficient (Wildman–Crippen LogP) is 4.96. The Bertz CT molecular complexity index is 979. The Hall–Kier alpha value is -3.02. The zero-order valence-corrected chi connectivity index (χ0v) is 18.2. The molecule has 2 amide bonds. The van der Waals surface area contributed by atoms with Gasteiger partial charge in [-0.25, -0.2) is 4.79 Å². The van der Waals surface area contributed by atoms with Crippen LogP contribution in [0.4, 0.5) is 10.5 Å². The number of carbonyl (C=O) groups excluding carboxylic acids is 1. The summed E-state index contributed by atoms with van der Waals surface area (Å²) in [6.07, 6.45) is 4.39. The normalized spacial score (nSPS) is 29.2. The zero-order valence-electron chi connectivity index (χ0n) is 18.2. The number of hydrogen-bond acceptors (Lipinski definition) is 3. The van der Waals surface area contributed by atoms with Crippen LogP contribution in [0.3, 0.4) is 0 Å². The van der Waals surface area contributed by atoms with E-state index in [9.17, 15) is 14.7 Å². The van der Waals surface area contributed by atoms with E-state index in [1.165, 1.54) is 11.1 Å². The van der Waals surface area contributed by atoms with Gasteiger partial charge in [0.05, 0.1) is 18.0 Å². The van der Waals surface area contributed by atoms with Gasteiger partial charge in [0.2, 0.25) is 5.91 Å². The summed E-state index contributed by atoms with van der Waals surface area (Å²) in [7, 11) is 0. The van der Waals surface area contributed by atoms with Crippen molar-refractivity contribution in [3.63, 3.8) is 0 Å². The number of piperidine rings is 1. The summed E-state index contributed by atoms with van der Waals surface area (Å²) < 4.78 is 0. The van der Waals surface area contributed by atoms with Gasteiger partial charge in [-0.05, 0) is 42.9 Å². The Balaban J connectivity index is 1.50. The van der Waals surface area contributed by atoms with E-state index in [1.54, 1.807) is 0 Å². The second-order valence-electron chi connectivity index (χ2n) is 9.35. The number of fused-ring (bicyclic) bond motifs is 3. The minimum atomic E-state index is -1.04. The molecule has 0 spiro atoms. The third-order valence-corrected chi connectivity index (χ3v) is 7.53. The molecule has 2 fully saturated rings. The van der Waals surface area contributed by atoms with E-state index in [0.29, 0.717) is 0 Å². The number of likely N-dealkylation sites (tertiary alicyclic amines) is 1.